The molecule has 0 aliphatic carbocycles. The molecular formula is C20H21N3O2. The Morgan fingerprint density at radius 1 is 1.24 bits per heavy atom. The van der Waals surface area contributed by atoms with E-state index in [2.05, 4.69) is 15.2 Å². The summed E-state index contributed by atoms with van der Waals surface area (Å²) in [4.78, 5) is 32.2. The van der Waals surface area contributed by atoms with Crippen molar-refractivity contribution >= 4 is 11.7 Å². The summed E-state index contributed by atoms with van der Waals surface area (Å²) in [5, 5.41) is 3.08. The van der Waals surface area contributed by atoms with Crippen LogP contribution in [0.1, 0.15) is 38.8 Å². The van der Waals surface area contributed by atoms with Gasteiger partial charge in [0.15, 0.2) is 5.78 Å². The molecule has 2 aromatic rings. The Kier molecular flexibility index (Phi) is 3.69. The highest BCUT2D eigenvalue weighted by molar-refractivity contribution is 6.12. The van der Waals surface area contributed by atoms with E-state index in [0.717, 1.165) is 12.1 Å². The number of hydrogen-bond donors (Lipinski definition) is 1. The lowest BCUT2D eigenvalue weighted by atomic mass is 9.78. The second-order valence-electron chi connectivity index (χ2n) is 7.29. The second-order valence-corrected chi connectivity index (χ2v) is 7.29. The van der Waals surface area contributed by atoms with E-state index in [-0.39, 0.29) is 17.7 Å². The topological polar surface area (TPSA) is 62.3 Å². The third-order valence-electron chi connectivity index (χ3n) is 5.53. The number of hydrogen-bond acceptors (Lipinski definition) is 4. The maximum atomic E-state index is 13.2. The molecule has 0 radical (unpaired) electrons. The first kappa shape index (κ1) is 16.0. The standard InChI is InChI=1S/C20H21N3O2/c1-13-9-21-8-7-14(13)10-23-11-17-20(2,12-23)18(24)15-5-3-4-6-16(15)19(25)22-17/h3-9,17H,10-12H2,1-2H3,(H,22,25)/t17-,20+/m1/s1. The van der Waals surface area contributed by atoms with Crippen molar-refractivity contribution in [2.45, 2.75) is 26.4 Å². The van der Waals surface area contributed by atoms with Gasteiger partial charge in [0.25, 0.3) is 5.91 Å². The molecular weight excluding hydrogens is 314 g/mol. The zero-order chi connectivity index (χ0) is 17.6. The molecule has 2 aliphatic rings. The number of likely N-dealkylation sites (tertiary alicyclic amines) is 1. The van der Waals surface area contributed by atoms with Gasteiger partial charge in [-0.15, -0.1) is 0 Å². The molecule has 1 fully saturated rings. The monoisotopic (exact) mass is 335 g/mol. The lowest BCUT2D eigenvalue weighted by molar-refractivity contribution is 0.0789. The van der Waals surface area contributed by atoms with E-state index < -0.39 is 5.41 Å². The van der Waals surface area contributed by atoms with Gasteiger partial charge in [-0.25, -0.2) is 0 Å². The van der Waals surface area contributed by atoms with Crippen LogP contribution in [0.3, 0.4) is 0 Å². The van der Waals surface area contributed by atoms with Crippen LogP contribution in [0.4, 0.5) is 0 Å². The van der Waals surface area contributed by atoms with Crippen LogP contribution < -0.4 is 5.32 Å². The van der Waals surface area contributed by atoms with Gasteiger partial charge in [0.05, 0.1) is 17.0 Å². The number of pyridine rings is 1. The summed E-state index contributed by atoms with van der Waals surface area (Å²) in [6.45, 7) is 6.07. The van der Waals surface area contributed by atoms with Crippen LogP contribution in [0.2, 0.25) is 0 Å². The molecule has 4 rings (SSSR count). The average molecular weight is 335 g/mol. The smallest absolute Gasteiger partial charge is 0.252 e. The van der Waals surface area contributed by atoms with Gasteiger partial charge in [0.2, 0.25) is 0 Å². The first-order valence-corrected chi connectivity index (χ1v) is 8.55. The zero-order valence-electron chi connectivity index (χ0n) is 14.5. The minimum absolute atomic E-state index is 0.0559. The fourth-order valence-electron chi connectivity index (χ4n) is 4.00. The summed E-state index contributed by atoms with van der Waals surface area (Å²) >= 11 is 0. The van der Waals surface area contributed by atoms with Crippen molar-refractivity contribution in [2.24, 2.45) is 5.41 Å². The summed E-state index contributed by atoms with van der Waals surface area (Å²) in [6.07, 6.45) is 3.65. The first-order chi connectivity index (χ1) is 12.0. The predicted molar refractivity (Wildman–Crippen MR) is 94.4 cm³/mol. The Balaban J connectivity index is 1.65. The van der Waals surface area contributed by atoms with Crippen LogP contribution in [0.15, 0.2) is 42.7 Å². The zero-order valence-corrected chi connectivity index (χ0v) is 14.5. The number of rotatable bonds is 2. The van der Waals surface area contributed by atoms with Gasteiger partial charge >= 0.3 is 0 Å². The van der Waals surface area contributed by atoms with Gasteiger partial charge in [-0.05, 0) is 37.1 Å². The highest BCUT2D eigenvalue weighted by Gasteiger charge is 2.51. The molecule has 0 saturated carbocycles. The van der Waals surface area contributed by atoms with Gasteiger partial charge in [0, 0.05) is 37.6 Å². The number of amides is 1. The van der Waals surface area contributed by atoms with Crippen LogP contribution in [-0.2, 0) is 6.54 Å². The summed E-state index contributed by atoms with van der Waals surface area (Å²) in [7, 11) is 0. The number of carbonyl (C=O) groups is 2. The third-order valence-corrected chi connectivity index (χ3v) is 5.53. The van der Waals surface area contributed by atoms with Gasteiger partial charge in [-0.2, -0.15) is 0 Å². The molecule has 0 spiro atoms. The molecule has 25 heavy (non-hydrogen) atoms. The van der Waals surface area contributed by atoms with Gasteiger partial charge < -0.3 is 5.32 Å². The minimum Gasteiger partial charge on any atom is -0.347 e. The molecule has 0 unspecified atom stereocenters. The highest BCUT2D eigenvalue weighted by atomic mass is 16.2. The average Bonchev–Trinajstić information content (AvgIpc) is 2.89. The molecule has 0 bridgehead atoms. The fourth-order valence-corrected chi connectivity index (χ4v) is 4.00. The van der Waals surface area contributed by atoms with E-state index in [1.165, 1.54) is 5.56 Å². The van der Waals surface area contributed by atoms with E-state index in [4.69, 9.17) is 0 Å². The number of Topliss-reactive ketones (excluding diaryl/α,β-unsaturated/α-hetero) is 1. The molecule has 2 aliphatic heterocycles. The molecule has 5 nitrogen and oxygen atoms in total. The van der Waals surface area contributed by atoms with Crippen LogP contribution in [-0.4, -0.2) is 40.7 Å². The van der Waals surface area contributed by atoms with E-state index >= 15 is 0 Å². The molecule has 1 N–H and O–H groups in total. The van der Waals surface area contributed by atoms with E-state index in [9.17, 15) is 9.59 Å². The fraction of sp³-hybridized carbons (Fsp3) is 0.350. The third kappa shape index (κ3) is 2.55. The predicted octanol–water partition coefficient (Wildman–Crippen LogP) is 2.21. The van der Waals surface area contributed by atoms with Gasteiger partial charge in [-0.1, -0.05) is 18.2 Å². The first-order valence-electron chi connectivity index (χ1n) is 8.55. The van der Waals surface area contributed by atoms with E-state index in [0.29, 0.717) is 24.2 Å². The van der Waals surface area contributed by atoms with Crippen molar-refractivity contribution in [3.05, 3.63) is 65.0 Å². The van der Waals surface area contributed by atoms with Crippen LogP contribution >= 0.6 is 0 Å². The second kappa shape index (κ2) is 5.77. The van der Waals surface area contributed by atoms with Crippen molar-refractivity contribution in [1.29, 1.82) is 0 Å². The molecule has 5 heteroatoms. The van der Waals surface area contributed by atoms with Crippen molar-refractivity contribution in [1.82, 2.24) is 15.2 Å². The molecule has 1 amide bonds. The number of benzene rings is 1. The lowest BCUT2D eigenvalue weighted by Gasteiger charge is -2.27. The quantitative estimate of drug-likeness (QED) is 0.914. The number of ketones is 1. The number of fused-ring (bicyclic) bond motifs is 2. The van der Waals surface area contributed by atoms with E-state index in [1.807, 2.05) is 32.2 Å². The van der Waals surface area contributed by atoms with Crippen molar-refractivity contribution in [3.8, 4) is 0 Å². The van der Waals surface area contributed by atoms with Crippen LogP contribution in [0, 0.1) is 12.3 Å². The van der Waals surface area contributed by atoms with Crippen molar-refractivity contribution in [3.63, 3.8) is 0 Å². The maximum Gasteiger partial charge on any atom is 0.252 e. The van der Waals surface area contributed by atoms with Crippen molar-refractivity contribution < 1.29 is 9.59 Å². The number of nitrogens with one attached hydrogen (secondary N) is 1. The summed E-state index contributed by atoms with van der Waals surface area (Å²) in [5.74, 6) is -0.0972. The maximum absolute atomic E-state index is 13.2. The number of aryl methyl sites for hydroxylation is 1. The Morgan fingerprint density at radius 3 is 2.76 bits per heavy atom. The summed E-state index contributed by atoms with van der Waals surface area (Å²) in [5.41, 5.74) is 2.75. The Labute approximate surface area is 147 Å². The van der Waals surface area contributed by atoms with Crippen LogP contribution in [0.5, 0.6) is 0 Å². The Hall–Kier alpha value is -2.53. The summed E-state index contributed by atoms with van der Waals surface area (Å²) < 4.78 is 0. The van der Waals surface area contributed by atoms with Gasteiger partial charge in [0.1, 0.15) is 0 Å². The molecule has 1 saturated heterocycles. The lowest BCUT2D eigenvalue weighted by Crippen LogP contribution is -2.47. The molecule has 2 atom stereocenters. The minimum atomic E-state index is -0.608. The largest absolute Gasteiger partial charge is 0.347 e. The Bertz CT molecular complexity index is 864. The molecule has 1 aromatic carbocycles. The Morgan fingerprint density at radius 2 is 2.00 bits per heavy atom. The van der Waals surface area contributed by atoms with E-state index in [1.54, 1.807) is 24.4 Å². The summed E-state index contributed by atoms with van der Waals surface area (Å²) in [6, 6.07) is 8.95. The molecule has 128 valence electrons. The number of aromatic nitrogens is 1. The van der Waals surface area contributed by atoms with Crippen LogP contribution in [0.25, 0.3) is 0 Å². The number of carbonyl (C=O) groups excluding carboxylic acids is 2. The normalized spacial score (nSPS) is 25.9. The van der Waals surface area contributed by atoms with Gasteiger partial charge in [-0.3, -0.25) is 19.5 Å². The van der Waals surface area contributed by atoms with Crippen molar-refractivity contribution in [2.75, 3.05) is 13.1 Å². The number of nitrogens with zero attached hydrogens (tertiary/aromatic N) is 2. The highest BCUT2D eigenvalue weighted by Crippen LogP contribution is 2.37. The molecule has 1 aromatic heterocycles. The molecule has 3 heterocycles. The SMILES string of the molecule is Cc1cnccc1CN1C[C@H]2NC(=O)c3ccccc3C(=O)[C@@]2(C)C1.